The van der Waals surface area contributed by atoms with Gasteiger partial charge in [0.15, 0.2) is 0 Å². The first-order chi connectivity index (χ1) is 12.9. The first-order valence-corrected chi connectivity index (χ1v) is 8.76. The van der Waals surface area contributed by atoms with E-state index in [-0.39, 0.29) is 11.6 Å². The standard InChI is InChI=1S/C20H21N3O4/c1-14-12-19(15(2)11-17(14)13-24)21-7-9-22(10-8-21)20(25)16-3-5-18(6-4-16)23(26)27/h3-6,11-13H,7-10H2,1-2H3. The maximum atomic E-state index is 12.6. The number of non-ortho nitro benzene ring substituents is 1. The van der Waals surface area contributed by atoms with Gasteiger partial charge in [-0.1, -0.05) is 0 Å². The fourth-order valence-corrected chi connectivity index (χ4v) is 3.35. The molecule has 2 aromatic rings. The zero-order chi connectivity index (χ0) is 19.6. The van der Waals surface area contributed by atoms with Crippen molar-refractivity contribution in [2.45, 2.75) is 13.8 Å². The van der Waals surface area contributed by atoms with Crippen molar-refractivity contribution in [3.8, 4) is 0 Å². The average Bonchev–Trinajstić information content (AvgIpc) is 2.69. The van der Waals surface area contributed by atoms with Crippen LogP contribution in [0.2, 0.25) is 0 Å². The van der Waals surface area contributed by atoms with Crippen LogP contribution in [0.5, 0.6) is 0 Å². The molecule has 7 nitrogen and oxygen atoms in total. The predicted octanol–water partition coefficient (Wildman–Crippen LogP) is 2.99. The van der Waals surface area contributed by atoms with Crippen LogP contribution in [0, 0.1) is 24.0 Å². The van der Waals surface area contributed by atoms with Crippen LogP contribution in [-0.4, -0.2) is 48.2 Å². The van der Waals surface area contributed by atoms with Crippen LogP contribution in [0.1, 0.15) is 31.8 Å². The molecule has 27 heavy (non-hydrogen) atoms. The van der Waals surface area contributed by atoms with Crippen molar-refractivity contribution in [1.82, 2.24) is 4.90 Å². The summed E-state index contributed by atoms with van der Waals surface area (Å²) >= 11 is 0. The van der Waals surface area contributed by atoms with Gasteiger partial charge in [-0.2, -0.15) is 0 Å². The molecule has 0 bridgehead atoms. The number of nitro benzene ring substituents is 1. The van der Waals surface area contributed by atoms with Crippen LogP contribution in [0.15, 0.2) is 36.4 Å². The van der Waals surface area contributed by atoms with Gasteiger partial charge in [-0.15, -0.1) is 0 Å². The number of hydrogen-bond acceptors (Lipinski definition) is 5. The minimum atomic E-state index is -0.479. The number of carbonyl (C=O) groups excluding carboxylic acids is 2. The van der Waals surface area contributed by atoms with Crippen LogP contribution in [0.25, 0.3) is 0 Å². The molecule has 0 radical (unpaired) electrons. The maximum Gasteiger partial charge on any atom is 0.269 e. The van der Waals surface area contributed by atoms with E-state index in [4.69, 9.17) is 0 Å². The molecule has 1 fully saturated rings. The highest BCUT2D eigenvalue weighted by atomic mass is 16.6. The Morgan fingerprint density at radius 1 is 1.04 bits per heavy atom. The number of aldehydes is 1. The predicted molar refractivity (Wildman–Crippen MR) is 103 cm³/mol. The zero-order valence-corrected chi connectivity index (χ0v) is 15.3. The molecule has 1 heterocycles. The number of hydrogen-bond donors (Lipinski definition) is 0. The number of anilines is 1. The van der Waals surface area contributed by atoms with Gasteiger partial charge in [-0.05, 0) is 49.2 Å². The van der Waals surface area contributed by atoms with Gasteiger partial charge >= 0.3 is 0 Å². The van der Waals surface area contributed by atoms with E-state index in [1.165, 1.54) is 24.3 Å². The molecule has 0 N–H and O–H groups in total. The summed E-state index contributed by atoms with van der Waals surface area (Å²) in [6, 6.07) is 9.62. The van der Waals surface area contributed by atoms with Crippen molar-refractivity contribution >= 4 is 23.6 Å². The van der Waals surface area contributed by atoms with E-state index in [1.54, 1.807) is 4.90 Å². The summed E-state index contributed by atoms with van der Waals surface area (Å²) in [7, 11) is 0. The Bertz CT molecular complexity index is 885. The van der Waals surface area contributed by atoms with E-state index in [0.717, 1.165) is 23.1 Å². The molecule has 1 aliphatic rings. The third-order valence-electron chi connectivity index (χ3n) is 4.94. The van der Waals surface area contributed by atoms with Gasteiger partial charge in [0.25, 0.3) is 11.6 Å². The smallest absolute Gasteiger partial charge is 0.269 e. The summed E-state index contributed by atoms with van der Waals surface area (Å²) in [6.07, 6.45) is 0.868. The molecule has 2 aromatic carbocycles. The van der Waals surface area contributed by atoms with Crippen molar-refractivity contribution in [3.63, 3.8) is 0 Å². The first-order valence-electron chi connectivity index (χ1n) is 8.76. The molecule has 0 unspecified atom stereocenters. The quantitative estimate of drug-likeness (QED) is 0.471. The molecule has 0 spiro atoms. The third kappa shape index (κ3) is 3.81. The van der Waals surface area contributed by atoms with Crippen LogP contribution < -0.4 is 4.90 Å². The molecule has 140 valence electrons. The highest BCUT2D eigenvalue weighted by molar-refractivity contribution is 5.94. The molecule has 1 amide bonds. The highest BCUT2D eigenvalue weighted by Crippen LogP contribution is 2.25. The number of nitrogens with zero attached hydrogens (tertiary/aromatic N) is 3. The van der Waals surface area contributed by atoms with E-state index in [9.17, 15) is 19.7 Å². The Kier molecular flexibility index (Phi) is 5.21. The number of nitro groups is 1. The molecule has 0 saturated carbocycles. The van der Waals surface area contributed by atoms with Gasteiger partial charge < -0.3 is 9.80 Å². The summed E-state index contributed by atoms with van der Waals surface area (Å²) in [6.45, 7) is 6.43. The molecule has 0 aromatic heterocycles. The van der Waals surface area contributed by atoms with Crippen LogP contribution in [-0.2, 0) is 0 Å². The fourth-order valence-electron chi connectivity index (χ4n) is 3.35. The molecular weight excluding hydrogens is 346 g/mol. The number of benzene rings is 2. The van der Waals surface area contributed by atoms with Gasteiger partial charge in [-0.3, -0.25) is 19.7 Å². The Morgan fingerprint density at radius 2 is 1.67 bits per heavy atom. The maximum absolute atomic E-state index is 12.6. The van der Waals surface area contributed by atoms with Crippen molar-refractivity contribution < 1.29 is 14.5 Å². The van der Waals surface area contributed by atoms with E-state index in [1.807, 2.05) is 26.0 Å². The summed E-state index contributed by atoms with van der Waals surface area (Å²) in [4.78, 5) is 37.9. The van der Waals surface area contributed by atoms with Gasteiger partial charge in [-0.25, -0.2) is 0 Å². The van der Waals surface area contributed by atoms with E-state index >= 15 is 0 Å². The monoisotopic (exact) mass is 367 g/mol. The van der Waals surface area contributed by atoms with Gasteiger partial charge in [0.1, 0.15) is 6.29 Å². The van der Waals surface area contributed by atoms with Gasteiger partial charge in [0.2, 0.25) is 0 Å². The minimum Gasteiger partial charge on any atom is -0.368 e. The van der Waals surface area contributed by atoms with Crippen molar-refractivity contribution in [2.24, 2.45) is 0 Å². The summed E-state index contributed by atoms with van der Waals surface area (Å²) in [5.74, 6) is -0.117. The number of amides is 1. The van der Waals surface area contributed by atoms with Crippen LogP contribution in [0.4, 0.5) is 11.4 Å². The number of aryl methyl sites for hydroxylation is 2. The van der Waals surface area contributed by atoms with E-state index < -0.39 is 4.92 Å². The Labute approximate surface area is 157 Å². The Hall–Kier alpha value is -3.22. The normalized spacial score (nSPS) is 14.1. The number of rotatable bonds is 4. The summed E-state index contributed by atoms with van der Waals surface area (Å²) in [5.41, 5.74) is 4.19. The second-order valence-electron chi connectivity index (χ2n) is 6.70. The van der Waals surface area contributed by atoms with E-state index in [2.05, 4.69) is 4.90 Å². The molecular formula is C20H21N3O4. The van der Waals surface area contributed by atoms with Gasteiger partial charge in [0, 0.05) is 55.1 Å². The highest BCUT2D eigenvalue weighted by Gasteiger charge is 2.23. The lowest BCUT2D eigenvalue weighted by Crippen LogP contribution is -2.49. The molecule has 1 saturated heterocycles. The average molecular weight is 367 g/mol. The zero-order valence-electron chi connectivity index (χ0n) is 15.3. The number of carbonyl (C=O) groups is 2. The minimum absolute atomic E-state index is 0.0269. The Morgan fingerprint density at radius 3 is 2.22 bits per heavy atom. The fraction of sp³-hybridized carbons (Fsp3) is 0.300. The van der Waals surface area contributed by atoms with Crippen molar-refractivity contribution in [1.29, 1.82) is 0 Å². The van der Waals surface area contributed by atoms with Crippen LogP contribution >= 0.6 is 0 Å². The molecule has 0 aliphatic carbocycles. The molecule has 7 heteroatoms. The first kappa shape index (κ1) is 18.6. The Balaban J connectivity index is 1.68. The lowest BCUT2D eigenvalue weighted by atomic mass is 10.0. The second kappa shape index (κ2) is 7.57. The molecule has 3 rings (SSSR count). The van der Waals surface area contributed by atoms with Crippen LogP contribution in [0.3, 0.4) is 0 Å². The third-order valence-corrected chi connectivity index (χ3v) is 4.94. The topological polar surface area (TPSA) is 83.8 Å². The summed E-state index contributed by atoms with van der Waals surface area (Å²) in [5, 5.41) is 10.7. The molecule has 0 atom stereocenters. The summed E-state index contributed by atoms with van der Waals surface area (Å²) < 4.78 is 0. The lowest BCUT2D eigenvalue weighted by molar-refractivity contribution is -0.384. The molecule has 1 aliphatic heterocycles. The van der Waals surface area contributed by atoms with Crippen molar-refractivity contribution in [2.75, 3.05) is 31.1 Å². The van der Waals surface area contributed by atoms with Gasteiger partial charge in [0.05, 0.1) is 4.92 Å². The largest absolute Gasteiger partial charge is 0.368 e. The second-order valence-corrected chi connectivity index (χ2v) is 6.70. The van der Waals surface area contributed by atoms with Crippen molar-refractivity contribution in [3.05, 3.63) is 68.8 Å². The van der Waals surface area contributed by atoms with E-state index in [0.29, 0.717) is 37.3 Å². The SMILES string of the molecule is Cc1cc(N2CCN(C(=O)c3ccc([N+](=O)[O-])cc3)CC2)c(C)cc1C=O. The number of piperazine rings is 1. The lowest BCUT2D eigenvalue weighted by Gasteiger charge is -2.37.